The average molecular weight is 406 g/mol. The van der Waals surface area contributed by atoms with Crippen LogP contribution >= 0.6 is 23.4 Å². The van der Waals surface area contributed by atoms with Gasteiger partial charge in [0.1, 0.15) is 0 Å². The molecule has 0 aliphatic rings. The van der Waals surface area contributed by atoms with Crippen LogP contribution in [0.2, 0.25) is 5.02 Å². The molecule has 10 heteroatoms. The molecule has 1 aromatic carbocycles. The number of nitrogens with zero attached hydrogens (tertiary/aromatic N) is 4. The lowest BCUT2D eigenvalue weighted by atomic mass is 10.1. The molecule has 2 heterocycles. The Balaban J connectivity index is 1.92. The van der Waals surface area contributed by atoms with E-state index in [4.69, 9.17) is 11.6 Å². The molecule has 0 radical (unpaired) electrons. The van der Waals surface area contributed by atoms with Crippen LogP contribution < -0.4 is 5.32 Å². The van der Waals surface area contributed by atoms with Gasteiger partial charge in [0.05, 0.1) is 21.6 Å². The van der Waals surface area contributed by atoms with Gasteiger partial charge in [0, 0.05) is 18.3 Å². The Bertz CT molecular complexity index is 994. The van der Waals surface area contributed by atoms with E-state index in [0.717, 1.165) is 5.75 Å². The molecule has 8 nitrogen and oxygen atoms in total. The number of aromatic nitrogens is 3. The van der Waals surface area contributed by atoms with Crippen molar-refractivity contribution < 1.29 is 9.72 Å². The molecule has 1 unspecified atom stereocenters. The predicted molar refractivity (Wildman–Crippen MR) is 104 cm³/mol. The summed E-state index contributed by atoms with van der Waals surface area (Å²) in [6, 6.07) is 8.88. The zero-order valence-corrected chi connectivity index (χ0v) is 15.9. The van der Waals surface area contributed by atoms with Gasteiger partial charge in [-0.1, -0.05) is 17.7 Å². The van der Waals surface area contributed by atoms with Crippen LogP contribution in [0.5, 0.6) is 0 Å². The van der Waals surface area contributed by atoms with E-state index in [2.05, 4.69) is 15.5 Å². The van der Waals surface area contributed by atoms with E-state index in [1.54, 1.807) is 16.2 Å². The van der Waals surface area contributed by atoms with Crippen molar-refractivity contribution in [1.29, 1.82) is 0 Å². The molecule has 2 aromatic heterocycles. The average Bonchev–Trinajstić information content (AvgIpc) is 3.09. The number of hydrogen-bond acceptors (Lipinski definition) is 6. The van der Waals surface area contributed by atoms with Crippen LogP contribution in [-0.2, 0) is 0 Å². The molecule has 1 amide bonds. The van der Waals surface area contributed by atoms with Gasteiger partial charge in [-0.3, -0.25) is 19.3 Å². The maximum atomic E-state index is 12.8. The Hall–Kier alpha value is -2.65. The van der Waals surface area contributed by atoms with Crippen LogP contribution in [0, 0.1) is 10.1 Å². The van der Waals surface area contributed by atoms with Crippen molar-refractivity contribution in [3.05, 3.63) is 69.1 Å². The number of nitro groups is 1. The molecule has 0 spiro atoms. The molecule has 0 saturated carbocycles. The zero-order valence-electron chi connectivity index (χ0n) is 14.3. The van der Waals surface area contributed by atoms with Crippen molar-refractivity contribution in [2.24, 2.45) is 0 Å². The van der Waals surface area contributed by atoms with Crippen LogP contribution in [0.1, 0.15) is 28.6 Å². The highest BCUT2D eigenvalue weighted by Gasteiger charge is 2.23. The Kier molecular flexibility index (Phi) is 5.92. The highest BCUT2D eigenvalue weighted by molar-refractivity contribution is 7.98. The van der Waals surface area contributed by atoms with Crippen LogP contribution in [0.25, 0.3) is 5.65 Å². The first-order chi connectivity index (χ1) is 13.0. The smallest absolute Gasteiger partial charge is 0.270 e. The molecule has 0 aliphatic heterocycles. The van der Waals surface area contributed by atoms with E-state index < -0.39 is 16.9 Å². The van der Waals surface area contributed by atoms with Gasteiger partial charge in [0.15, 0.2) is 11.5 Å². The van der Waals surface area contributed by atoms with E-state index in [1.807, 2.05) is 30.7 Å². The summed E-state index contributed by atoms with van der Waals surface area (Å²) < 4.78 is 1.81. The topological polar surface area (TPSA) is 102 Å². The van der Waals surface area contributed by atoms with Crippen LogP contribution in [0.4, 0.5) is 5.69 Å². The van der Waals surface area contributed by atoms with Crippen molar-refractivity contribution in [2.75, 3.05) is 12.0 Å². The van der Waals surface area contributed by atoms with Crippen molar-refractivity contribution in [2.45, 2.75) is 12.5 Å². The normalized spacial score (nSPS) is 12.1. The highest BCUT2D eigenvalue weighted by atomic mass is 35.5. The molecule has 0 fully saturated rings. The third kappa shape index (κ3) is 4.20. The second-order valence-electron chi connectivity index (χ2n) is 5.72. The van der Waals surface area contributed by atoms with Gasteiger partial charge in [-0.25, -0.2) is 0 Å². The SMILES string of the molecule is CSCCC(NC(=O)c1cc([N+](=O)[O-])ccc1Cl)c1nnc2ccccn12. The molecule has 1 atom stereocenters. The Morgan fingerprint density at radius 3 is 2.93 bits per heavy atom. The van der Waals surface area contributed by atoms with Crippen LogP contribution in [0.3, 0.4) is 0 Å². The Labute approximate surface area is 164 Å². The molecular formula is C17H16ClN5O3S. The van der Waals surface area contributed by atoms with E-state index in [-0.39, 0.29) is 16.3 Å². The molecule has 0 aliphatic carbocycles. The number of benzene rings is 1. The van der Waals surface area contributed by atoms with Crippen molar-refractivity contribution in [1.82, 2.24) is 19.9 Å². The summed E-state index contributed by atoms with van der Waals surface area (Å²) in [7, 11) is 0. The summed E-state index contributed by atoms with van der Waals surface area (Å²) in [6.07, 6.45) is 4.41. The third-order valence-electron chi connectivity index (χ3n) is 3.97. The van der Waals surface area contributed by atoms with E-state index in [0.29, 0.717) is 17.9 Å². The minimum absolute atomic E-state index is 0.0499. The first-order valence-electron chi connectivity index (χ1n) is 8.04. The quantitative estimate of drug-likeness (QED) is 0.476. The summed E-state index contributed by atoms with van der Waals surface area (Å²) in [5, 5.41) is 22.4. The maximum Gasteiger partial charge on any atom is 0.270 e. The van der Waals surface area contributed by atoms with E-state index >= 15 is 0 Å². The number of carbonyl (C=O) groups is 1. The van der Waals surface area contributed by atoms with Crippen molar-refractivity contribution in [3.8, 4) is 0 Å². The summed E-state index contributed by atoms with van der Waals surface area (Å²) in [5.41, 5.74) is 0.524. The molecule has 1 N–H and O–H groups in total. The number of amides is 1. The number of halogens is 1. The minimum Gasteiger partial charge on any atom is -0.342 e. The fourth-order valence-corrected chi connectivity index (χ4v) is 3.31. The fourth-order valence-electron chi connectivity index (χ4n) is 2.64. The van der Waals surface area contributed by atoms with E-state index in [9.17, 15) is 14.9 Å². The summed E-state index contributed by atoms with van der Waals surface area (Å²) >= 11 is 7.72. The van der Waals surface area contributed by atoms with Gasteiger partial charge < -0.3 is 5.32 Å². The van der Waals surface area contributed by atoms with Gasteiger partial charge in [0.2, 0.25) is 0 Å². The molecule has 3 aromatic rings. The lowest BCUT2D eigenvalue weighted by Gasteiger charge is -2.17. The summed E-state index contributed by atoms with van der Waals surface area (Å²) in [4.78, 5) is 23.2. The molecule has 0 bridgehead atoms. The van der Waals surface area contributed by atoms with Gasteiger partial charge >= 0.3 is 0 Å². The van der Waals surface area contributed by atoms with Crippen LogP contribution in [0.15, 0.2) is 42.6 Å². The predicted octanol–water partition coefficient (Wildman–Crippen LogP) is 3.52. The highest BCUT2D eigenvalue weighted by Crippen LogP contribution is 2.24. The lowest BCUT2D eigenvalue weighted by molar-refractivity contribution is -0.384. The van der Waals surface area contributed by atoms with E-state index in [1.165, 1.54) is 18.2 Å². The number of fused-ring (bicyclic) bond motifs is 1. The van der Waals surface area contributed by atoms with Crippen molar-refractivity contribution >= 4 is 40.6 Å². The standard InChI is InChI=1S/C17H16ClN5O3S/c1-27-9-7-14(16-21-20-15-4-2-3-8-22(15)16)19-17(24)12-10-11(23(25)26)5-6-13(12)18/h2-6,8,10,14H,7,9H2,1H3,(H,19,24). The number of pyridine rings is 1. The molecule has 0 saturated heterocycles. The summed E-state index contributed by atoms with van der Waals surface area (Å²) in [6.45, 7) is 0. The number of nitrogens with one attached hydrogen (secondary N) is 1. The molecule has 27 heavy (non-hydrogen) atoms. The first-order valence-corrected chi connectivity index (χ1v) is 9.82. The minimum atomic E-state index is -0.565. The first kappa shape index (κ1) is 19.1. The molecule has 140 valence electrons. The number of hydrogen-bond donors (Lipinski definition) is 1. The van der Waals surface area contributed by atoms with Gasteiger partial charge in [-0.05, 0) is 36.6 Å². The zero-order chi connectivity index (χ0) is 19.4. The van der Waals surface area contributed by atoms with Crippen molar-refractivity contribution in [3.63, 3.8) is 0 Å². The summed E-state index contributed by atoms with van der Waals surface area (Å²) in [5.74, 6) is 0.882. The number of rotatable bonds is 7. The molecular weight excluding hydrogens is 390 g/mol. The second kappa shape index (κ2) is 8.36. The third-order valence-corrected chi connectivity index (χ3v) is 4.95. The molecule has 3 rings (SSSR count). The number of carbonyl (C=O) groups excluding carboxylic acids is 1. The lowest BCUT2D eigenvalue weighted by Crippen LogP contribution is -2.30. The fraction of sp³-hybridized carbons (Fsp3) is 0.235. The largest absolute Gasteiger partial charge is 0.342 e. The monoisotopic (exact) mass is 405 g/mol. The van der Waals surface area contributed by atoms with Gasteiger partial charge in [0.25, 0.3) is 11.6 Å². The van der Waals surface area contributed by atoms with Crippen LogP contribution in [-0.4, -0.2) is 37.4 Å². The Morgan fingerprint density at radius 1 is 1.37 bits per heavy atom. The Morgan fingerprint density at radius 2 is 2.19 bits per heavy atom. The van der Waals surface area contributed by atoms with Gasteiger partial charge in [-0.15, -0.1) is 10.2 Å². The van der Waals surface area contributed by atoms with Gasteiger partial charge in [-0.2, -0.15) is 11.8 Å². The maximum absolute atomic E-state index is 12.8. The number of non-ortho nitro benzene ring substituents is 1. The number of nitro benzene ring substituents is 1. The second-order valence-corrected chi connectivity index (χ2v) is 7.11. The number of thioether (sulfide) groups is 1.